The van der Waals surface area contributed by atoms with Gasteiger partial charge in [0, 0.05) is 32.7 Å². The van der Waals surface area contributed by atoms with E-state index in [9.17, 15) is 22.4 Å². The fourth-order valence-corrected chi connectivity index (χ4v) is 4.30. The number of hydrogen-bond acceptors (Lipinski definition) is 4. The third kappa shape index (κ3) is 7.01. The lowest BCUT2D eigenvalue weighted by Gasteiger charge is -2.32. The number of hydrogen-bond donors (Lipinski definition) is 1. The largest absolute Gasteiger partial charge is 0.354 e. The summed E-state index contributed by atoms with van der Waals surface area (Å²) in [5.41, 5.74) is 0.529. The molecular weight excluding hydrogens is 459 g/mol. The Hall–Kier alpha value is -2.98. The Balaban J connectivity index is 2.40. The lowest BCUT2D eigenvalue weighted by molar-refractivity contribution is -0.139. The van der Waals surface area contributed by atoms with Crippen LogP contribution in [-0.2, 0) is 26.3 Å². The monoisotopic (exact) mass is 492 g/mol. The highest BCUT2D eigenvalue weighted by atomic mass is 32.2. The van der Waals surface area contributed by atoms with Gasteiger partial charge in [0.1, 0.15) is 18.4 Å². The van der Waals surface area contributed by atoms with Gasteiger partial charge in [-0.2, -0.15) is 12.7 Å². The highest BCUT2D eigenvalue weighted by Crippen LogP contribution is 2.21. The van der Waals surface area contributed by atoms with Gasteiger partial charge < -0.3 is 10.2 Å². The second-order valence-electron chi connectivity index (χ2n) is 8.07. The summed E-state index contributed by atoms with van der Waals surface area (Å²) >= 11 is 0. The minimum Gasteiger partial charge on any atom is -0.354 e. The molecule has 8 nitrogen and oxygen atoms in total. The summed E-state index contributed by atoms with van der Waals surface area (Å²) in [6.45, 7) is 3.26. The molecule has 34 heavy (non-hydrogen) atoms. The summed E-state index contributed by atoms with van der Waals surface area (Å²) in [5, 5.41) is 2.79. The topological polar surface area (TPSA) is 90.0 Å². The van der Waals surface area contributed by atoms with Gasteiger partial charge in [-0.05, 0) is 31.5 Å². The van der Waals surface area contributed by atoms with Gasteiger partial charge in [0.05, 0.1) is 5.69 Å². The molecule has 0 saturated heterocycles. The van der Waals surface area contributed by atoms with E-state index in [4.69, 9.17) is 0 Å². The average Bonchev–Trinajstić information content (AvgIpc) is 2.81. The number of para-hydroxylation sites is 1. The molecule has 0 heterocycles. The van der Waals surface area contributed by atoms with Crippen molar-refractivity contribution < 1.29 is 22.4 Å². The molecule has 0 bridgehead atoms. The van der Waals surface area contributed by atoms with Gasteiger partial charge in [-0.25, -0.2) is 8.70 Å². The number of amides is 2. The van der Waals surface area contributed by atoms with Crippen molar-refractivity contribution in [1.29, 1.82) is 0 Å². The molecule has 2 aromatic rings. The molecule has 0 aromatic heterocycles. The van der Waals surface area contributed by atoms with Crippen LogP contribution >= 0.6 is 0 Å². The molecule has 0 radical (unpaired) electrons. The smallest absolute Gasteiger partial charge is 0.304 e. The fraction of sp³-hybridized carbons (Fsp3) is 0.417. The molecular formula is C24H33FN4O4S. The van der Waals surface area contributed by atoms with Crippen molar-refractivity contribution in [3.63, 3.8) is 0 Å². The Morgan fingerprint density at radius 2 is 1.65 bits per heavy atom. The predicted octanol–water partition coefficient (Wildman–Crippen LogP) is 2.77. The zero-order chi connectivity index (χ0) is 25.3. The van der Waals surface area contributed by atoms with E-state index in [0.29, 0.717) is 12.2 Å². The van der Waals surface area contributed by atoms with Crippen LogP contribution in [0.1, 0.15) is 32.3 Å². The molecule has 2 amide bonds. The standard InChI is InChI=1S/C24H33FN4O4S/c1-5-6-16-26-24(31)19(2)28(17-20-12-10-11-15-22(20)25)23(30)18-29(34(32,33)27(3)4)21-13-8-7-9-14-21/h7-15,19H,5-6,16-18H2,1-4H3,(H,26,31)/t19-/m0/s1. The lowest BCUT2D eigenvalue weighted by atomic mass is 10.1. The van der Waals surface area contributed by atoms with E-state index >= 15 is 0 Å². The Labute approximate surface area is 201 Å². The highest BCUT2D eigenvalue weighted by Gasteiger charge is 2.32. The Bertz CT molecular complexity index is 1060. The van der Waals surface area contributed by atoms with E-state index in [1.165, 1.54) is 37.2 Å². The minimum atomic E-state index is -4.02. The first kappa shape index (κ1) is 27.3. The number of nitrogens with one attached hydrogen (secondary N) is 1. The lowest BCUT2D eigenvalue weighted by Crippen LogP contribution is -2.52. The van der Waals surface area contributed by atoms with Gasteiger partial charge >= 0.3 is 10.2 Å². The van der Waals surface area contributed by atoms with Crippen molar-refractivity contribution in [3.8, 4) is 0 Å². The second kappa shape index (κ2) is 12.5. The van der Waals surface area contributed by atoms with Crippen LogP contribution in [0.15, 0.2) is 54.6 Å². The first-order valence-corrected chi connectivity index (χ1v) is 12.5. The van der Waals surface area contributed by atoms with E-state index in [1.807, 2.05) is 6.92 Å². The van der Waals surface area contributed by atoms with Gasteiger partial charge in [0.2, 0.25) is 11.8 Å². The third-order valence-corrected chi connectivity index (χ3v) is 7.18. The van der Waals surface area contributed by atoms with Crippen LogP contribution in [0, 0.1) is 5.82 Å². The van der Waals surface area contributed by atoms with Crippen LogP contribution in [0.4, 0.5) is 10.1 Å². The maximum Gasteiger partial charge on any atom is 0.304 e. The molecule has 2 rings (SSSR count). The summed E-state index contributed by atoms with van der Waals surface area (Å²) in [7, 11) is -1.28. The zero-order valence-electron chi connectivity index (χ0n) is 20.1. The van der Waals surface area contributed by atoms with Gasteiger partial charge in [0.25, 0.3) is 0 Å². The van der Waals surface area contributed by atoms with E-state index in [-0.39, 0.29) is 18.0 Å². The van der Waals surface area contributed by atoms with Crippen molar-refractivity contribution in [3.05, 3.63) is 66.0 Å². The molecule has 1 atom stereocenters. The number of carbonyl (C=O) groups is 2. The predicted molar refractivity (Wildman–Crippen MR) is 131 cm³/mol. The van der Waals surface area contributed by atoms with Gasteiger partial charge in [-0.3, -0.25) is 9.59 Å². The number of rotatable bonds is 12. The van der Waals surface area contributed by atoms with Crippen LogP contribution < -0.4 is 9.62 Å². The molecule has 1 N–H and O–H groups in total. The maximum atomic E-state index is 14.4. The van der Waals surface area contributed by atoms with E-state index in [2.05, 4.69) is 5.32 Å². The number of unbranched alkanes of at least 4 members (excludes halogenated alkanes) is 1. The molecule has 0 unspecified atom stereocenters. The summed E-state index contributed by atoms with van der Waals surface area (Å²) < 4.78 is 42.4. The van der Waals surface area contributed by atoms with Crippen molar-refractivity contribution >= 4 is 27.7 Å². The molecule has 0 aliphatic rings. The summed E-state index contributed by atoms with van der Waals surface area (Å²) in [4.78, 5) is 27.5. The van der Waals surface area contributed by atoms with Crippen molar-refractivity contribution in [2.45, 2.75) is 39.3 Å². The minimum absolute atomic E-state index is 0.182. The van der Waals surface area contributed by atoms with Crippen LogP contribution in [-0.4, -0.2) is 62.7 Å². The number of anilines is 1. The van der Waals surface area contributed by atoms with Crippen molar-refractivity contribution in [1.82, 2.24) is 14.5 Å². The van der Waals surface area contributed by atoms with Crippen LogP contribution in [0.5, 0.6) is 0 Å². The van der Waals surface area contributed by atoms with Gasteiger partial charge in [-0.1, -0.05) is 49.7 Å². The molecule has 0 saturated carbocycles. The number of nitrogens with zero attached hydrogens (tertiary/aromatic N) is 3. The summed E-state index contributed by atoms with van der Waals surface area (Å²) in [6.07, 6.45) is 1.67. The van der Waals surface area contributed by atoms with Crippen molar-refractivity contribution in [2.75, 3.05) is 31.5 Å². The Morgan fingerprint density at radius 3 is 2.24 bits per heavy atom. The third-order valence-electron chi connectivity index (χ3n) is 5.36. The SMILES string of the molecule is CCCCNC(=O)[C@H](C)N(Cc1ccccc1F)C(=O)CN(c1ccccc1)S(=O)(=O)N(C)C. The normalized spacial score (nSPS) is 12.3. The molecule has 0 fully saturated rings. The van der Waals surface area contributed by atoms with Gasteiger partial charge in [0.15, 0.2) is 0 Å². The van der Waals surface area contributed by atoms with Crippen LogP contribution in [0.3, 0.4) is 0 Å². The number of benzene rings is 2. The molecule has 186 valence electrons. The fourth-order valence-electron chi connectivity index (χ4n) is 3.24. The van der Waals surface area contributed by atoms with Crippen molar-refractivity contribution in [2.24, 2.45) is 0 Å². The first-order chi connectivity index (χ1) is 16.1. The zero-order valence-corrected chi connectivity index (χ0v) is 20.9. The molecule has 0 aliphatic heterocycles. The van der Waals surface area contributed by atoms with E-state index in [0.717, 1.165) is 21.5 Å². The number of halogens is 1. The van der Waals surface area contributed by atoms with E-state index < -0.39 is 34.5 Å². The van der Waals surface area contributed by atoms with Gasteiger partial charge in [-0.15, -0.1) is 0 Å². The first-order valence-electron chi connectivity index (χ1n) is 11.1. The number of carbonyl (C=O) groups excluding carboxylic acids is 2. The molecule has 0 aliphatic carbocycles. The van der Waals surface area contributed by atoms with Crippen LogP contribution in [0.25, 0.3) is 0 Å². The molecule has 2 aromatic carbocycles. The summed E-state index contributed by atoms with van der Waals surface area (Å²) in [5.74, 6) is -1.53. The summed E-state index contributed by atoms with van der Waals surface area (Å²) in [6, 6.07) is 13.3. The second-order valence-corrected chi connectivity index (χ2v) is 10.1. The molecule has 0 spiro atoms. The Kier molecular flexibility index (Phi) is 10.0. The molecule has 10 heteroatoms. The quantitative estimate of drug-likeness (QED) is 0.462. The Morgan fingerprint density at radius 1 is 1.03 bits per heavy atom. The maximum absolute atomic E-state index is 14.4. The average molecular weight is 493 g/mol. The van der Waals surface area contributed by atoms with E-state index in [1.54, 1.807) is 43.3 Å². The van der Waals surface area contributed by atoms with Crippen LogP contribution in [0.2, 0.25) is 0 Å². The highest BCUT2D eigenvalue weighted by molar-refractivity contribution is 7.90.